The van der Waals surface area contributed by atoms with Gasteiger partial charge in [-0.2, -0.15) is 0 Å². The number of allylic oxidation sites excluding steroid dienone is 2. The van der Waals surface area contributed by atoms with Gasteiger partial charge < -0.3 is 5.11 Å². The van der Waals surface area contributed by atoms with Gasteiger partial charge in [0.1, 0.15) is 12.0 Å². The lowest BCUT2D eigenvalue weighted by atomic mass is 9.63. The van der Waals surface area contributed by atoms with Gasteiger partial charge in [-0.15, -0.1) is 0 Å². The van der Waals surface area contributed by atoms with Crippen LogP contribution in [0.5, 0.6) is 0 Å². The lowest BCUT2D eigenvalue weighted by Gasteiger charge is -2.47. The van der Waals surface area contributed by atoms with E-state index in [-0.39, 0.29) is 0 Å². The van der Waals surface area contributed by atoms with Crippen LogP contribution in [0.25, 0.3) is 0 Å². The van der Waals surface area contributed by atoms with Gasteiger partial charge in [-0.1, -0.05) is 0 Å². The summed E-state index contributed by atoms with van der Waals surface area (Å²) < 4.78 is 67.1. The van der Waals surface area contributed by atoms with Crippen LogP contribution in [0.1, 0.15) is 12.8 Å². The molecule has 0 spiro atoms. The van der Waals surface area contributed by atoms with Crippen molar-refractivity contribution in [2.24, 2.45) is 5.92 Å². The van der Waals surface area contributed by atoms with E-state index in [0.717, 1.165) is 0 Å². The molecule has 1 N–H and O–H groups in total. The van der Waals surface area contributed by atoms with Crippen LogP contribution in [0.15, 0.2) is 11.7 Å². The molecule has 16 heavy (non-hydrogen) atoms. The van der Waals surface area contributed by atoms with Crippen molar-refractivity contribution in [2.45, 2.75) is 30.4 Å². The van der Waals surface area contributed by atoms with Crippen molar-refractivity contribution >= 4 is 5.97 Å². The average Bonchev–Trinajstić information content (AvgIpc) is 2.20. The molecule has 0 heterocycles. The number of carboxylic acid groups (broad SMARTS) is 1. The summed E-state index contributed by atoms with van der Waals surface area (Å²) in [5.41, 5.74) is -7.79. The molecule has 7 heteroatoms. The molecule has 0 radical (unpaired) electrons. The van der Waals surface area contributed by atoms with Gasteiger partial charge in [-0.25, -0.2) is 26.7 Å². The van der Waals surface area contributed by atoms with Crippen LogP contribution in [-0.4, -0.2) is 28.6 Å². The van der Waals surface area contributed by atoms with E-state index in [1.54, 1.807) is 0 Å². The minimum Gasteiger partial charge on any atom is -0.479 e. The van der Waals surface area contributed by atoms with E-state index in [0.29, 0.717) is 0 Å². The third-order valence-electron chi connectivity index (χ3n) is 3.25. The summed E-state index contributed by atoms with van der Waals surface area (Å²) in [5, 5.41) is 8.51. The van der Waals surface area contributed by atoms with Crippen molar-refractivity contribution in [1.29, 1.82) is 0 Å². The Morgan fingerprint density at radius 2 is 1.94 bits per heavy atom. The van der Waals surface area contributed by atoms with Crippen molar-refractivity contribution in [3.05, 3.63) is 11.7 Å². The minimum atomic E-state index is -4.04. The van der Waals surface area contributed by atoms with Crippen LogP contribution in [0, 0.1) is 5.92 Å². The zero-order valence-corrected chi connectivity index (χ0v) is 7.81. The molecule has 3 aliphatic rings. The van der Waals surface area contributed by atoms with Gasteiger partial charge in [0.15, 0.2) is 5.83 Å². The molecule has 2 nitrogen and oxygen atoms in total. The summed E-state index contributed by atoms with van der Waals surface area (Å²) in [6.07, 6.45) is -4.51. The van der Waals surface area contributed by atoms with Gasteiger partial charge in [-0.3, -0.25) is 0 Å². The van der Waals surface area contributed by atoms with E-state index in [9.17, 15) is 26.7 Å². The molecular formula is C9H7F5O2. The summed E-state index contributed by atoms with van der Waals surface area (Å²) in [5.74, 6) is -7.70. The maximum absolute atomic E-state index is 13.9. The number of fused-ring (bicyclic) bond motifs is 2. The predicted octanol–water partition coefficient (Wildman–Crippen LogP) is 2.40. The standard InChI is InChI=1S/C9H7F5O2/c10-4-1-3-2-8(13,7(15)16)9(4,14)6(12)5(3)11/h3-4H,1-2H2,(H,15,16)/t3-,4+,8?,9+/m1/s1. The first kappa shape index (κ1) is 11.3. The summed E-state index contributed by atoms with van der Waals surface area (Å²) >= 11 is 0. The van der Waals surface area contributed by atoms with Crippen LogP contribution >= 0.6 is 0 Å². The second-order valence-electron chi connectivity index (χ2n) is 4.08. The molecule has 1 unspecified atom stereocenters. The molecule has 0 saturated heterocycles. The molecule has 1 saturated carbocycles. The molecule has 1 fully saturated rings. The second kappa shape index (κ2) is 2.95. The van der Waals surface area contributed by atoms with E-state index in [2.05, 4.69) is 0 Å². The Balaban J connectivity index is 2.64. The number of hydrogen-bond acceptors (Lipinski definition) is 1. The molecule has 0 aromatic rings. The summed E-state index contributed by atoms with van der Waals surface area (Å²) in [6, 6.07) is 0. The van der Waals surface area contributed by atoms with E-state index < -0.39 is 53.9 Å². The first-order chi connectivity index (χ1) is 7.25. The van der Waals surface area contributed by atoms with Crippen molar-refractivity contribution in [3.63, 3.8) is 0 Å². The highest BCUT2D eigenvalue weighted by Crippen LogP contribution is 2.58. The number of rotatable bonds is 1. The Bertz CT molecular complexity index is 395. The molecule has 90 valence electrons. The summed E-state index contributed by atoms with van der Waals surface area (Å²) in [7, 11) is 0. The smallest absolute Gasteiger partial charge is 0.345 e. The van der Waals surface area contributed by atoms with Gasteiger partial charge in [0.25, 0.3) is 5.67 Å². The van der Waals surface area contributed by atoms with Crippen LogP contribution in [0.4, 0.5) is 22.0 Å². The van der Waals surface area contributed by atoms with E-state index >= 15 is 0 Å². The Labute approximate surface area is 86.7 Å². The maximum atomic E-state index is 13.9. The third kappa shape index (κ3) is 0.985. The zero-order chi connectivity index (χ0) is 12.3. The average molecular weight is 242 g/mol. The van der Waals surface area contributed by atoms with Gasteiger partial charge in [-0.05, 0) is 6.42 Å². The molecule has 0 amide bonds. The first-order valence-corrected chi connectivity index (χ1v) is 4.56. The van der Waals surface area contributed by atoms with Crippen molar-refractivity contribution in [1.82, 2.24) is 0 Å². The van der Waals surface area contributed by atoms with E-state index in [1.807, 2.05) is 0 Å². The van der Waals surface area contributed by atoms with Crippen molar-refractivity contribution in [2.75, 3.05) is 0 Å². The maximum Gasteiger partial charge on any atom is 0.345 e. The fourth-order valence-electron chi connectivity index (χ4n) is 2.33. The van der Waals surface area contributed by atoms with Gasteiger partial charge in [0.2, 0.25) is 5.67 Å². The SMILES string of the molecule is O=C(O)C1(F)C[C@H]2C[C@H](F)[C@]1(F)C(F)=C2F. The molecule has 2 bridgehead atoms. The van der Waals surface area contributed by atoms with Crippen molar-refractivity contribution in [3.8, 4) is 0 Å². The summed E-state index contributed by atoms with van der Waals surface area (Å²) in [4.78, 5) is 10.6. The van der Waals surface area contributed by atoms with Crippen LogP contribution in [0.2, 0.25) is 0 Å². The molecule has 0 aliphatic heterocycles. The number of halogens is 5. The first-order valence-electron chi connectivity index (χ1n) is 4.56. The van der Waals surface area contributed by atoms with Crippen LogP contribution in [-0.2, 0) is 4.79 Å². The van der Waals surface area contributed by atoms with Crippen LogP contribution in [0.3, 0.4) is 0 Å². The monoisotopic (exact) mass is 242 g/mol. The molecule has 0 aromatic carbocycles. The number of carboxylic acids is 1. The number of alkyl halides is 3. The normalized spacial score (nSPS) is 47.3. The van der Waals surface area contributed by atoms with E-state index in [1.165, 1.54) is 0 Å². The molecule has 3 rings (SSSR count). The Hall–Kier alpha value is -1.14. The molecular weight excluding hydrogens is 235 g/mol. The van der Waals surface area contributed by atoms with Gasteiger partial charge >= 0.3 is 5.97 Å². The van der Waals surface area contributed by atoms with Gasteiger partial charge in [0, 0.05) is 12.3 Å². The predicted molar refractivity (Wildman–Crippen MR) is 42.2 cm³/mol. The number of carbonyl (C=O) groups is 1. The second-order valence-corrected chi connectivity index (χ2v) is 4.08. The molecule has 4 atom stereocenters. The number of aliphatic carboxylic acids is 1. The summed E-state index contributed by atoms with van der Waals surface area (Å²) in [6.45, 7) is 0. The molecule has 3 aliphatic carbocycles. The third-order valence-corrected chi connectivity index (χ3v) is 3.25. The zero-order valence-electron chi connectivity index (χ0n) is 7.81. The van der Waals surface area contributed by atoms with Crippen LogP contribution < -0.4 is 0 Å². The Kier molecular flexibility index (Phi) is 2.09. The highest BCUT2D eigenvalue weighted by molar-refractivity contribution is 5.81. The fraction of sp³-hybridized carbons (Fsp3) is 0.667. The largest absolute Gasteiger partial charge is 0.479 e. The topological polar surface area (TPSA) is 37.3 Å². The Morgan fingerprint density at radius 3 is 2.44 bits per heavy atom. The molecule has 0 aromatic heterocycles. The number of hydrogen-bond donors (Lipinski definition) is 1. The lowest BCUT2D eigenvalue weighted by Crippen LogP contribution is -2.66. The van der Waals surface area contributed by atoms with Crippen molar-refractivity contribution < 1.29 is 31.9 Å². The Morgan fingerprint density at radius 1 is 1.38 bits per heavy atom. The minimum absolute atomic E-state index is 0.741. The highest BCUT2D eigenvalue weighted by atomic mass is 19.2. The van der Waals surface area contributed by atoms with Gasteiger partial charge in [0.05, 0.1) is 0 Å². The quantitative estimate of drug-likeness (QED) is 0.717. The lowest BCUT2D eigenvalue weighted by molar-refractivity contribution is -0.184. The van der Waals surface area contributed by atoms with E-state index in [4.69, 9.17) is 5.11 Å². The fourth-order valence-corrected chi connectivity index (χ4v) is 2.33. The highest BCUT2D eigenvalue weighted by Gasteiger charge is 2.74.